The quantitative estimate of drug-likeness (QED) is 0.857. The molecule has 1 aromatic rings. The minimum Gasteiger partial charge on any atom is -0.324 e. The highest BCUT2D eigenvalue weighted by atomic mass is 16.2. The number of aryl methyl sites for hydroxylation is 2. The van der Waals surface area contributed by atoms with Crippen LogP contribution in [-0.2, 0) is 17.6 Å². The molecule has 0 spiro atoms. The molecule has 2 N–H and O–H groups in total. The SMILES string of the molecule is CCNC(C)(C)C(=O)Nc1ccc2c(c1)CCC2. The highest BCUT2D eigenvalue weighted by molar-refractivity contribution is 5.97. The van der Waals surface area contributed by atoms with Gasteiger partial charge in [-0.05, 0) is 62.9 Å². The third-order valence-corrected chi connectivity index (χ3v) is 3.54. The molecule has 0 fully saturated rings. The van der Waals surface area contributed by atoms with Crippen LogP contribution in [0.5, 0.6) is 0 Å². The van der Waals surface area contributed by atoms with Crippen LogP contribution in [0, 0.1) is 0 Å². The molecule has 0 aliphatic heterocycles. The van der Waals surface area contributed by atoms with Gasteiger partial charge in [-0.3, -0.25) is 4.79 Å². The van der Waals surface area contributed by atoms with Crippen molar-refractivity contribution in [2.45, 2.75) is 45.6 Å². The molecule has 3 heteroatoms. The Morgan fingerprint density at radius 3 is 2.72 bits per heavy atom. The van der Waals surface area contributed by atoms with Crippen molar-refractivity contribution < 1.29 is 4.79 Å². The summed E-state index contributed by atoms with van der Waals surface area (Å²) in [6.45, 7) is 6.59. The first-order valence-electron chi connectivity index (χ1n) is 6.71. The zero-order valence-electron chi connectivity index (χ0n) is 11.5. The lowest BCUT2D eigenvalue weighted by Gasteiger charge is -2.24. The van der Waals surface area contributed by atoms with E-state index in [0.717, 1.165) is 18.7 Å². The predicted octanol–water partition coefficient (Wildman–Crippen LogP) is 2.50. The molecule has 1 aromatic carbocycles. The first kappa shape index (κ1) is 13.1. The van der Waals surface area contributed by atoms with Gasteiger partial charge in [0.25, 0.3) is 0 Å². The van der Waals surface area contributed by atoms with Gasteiger partial charge in [-0.1, -0.05) is 13.0 Å². The van der Waals surface area contributed by atoms with Gasteiger partial charge in [-0.2, -0.15) is 0 Å². The molecule has 0 unspecified atom stereocenters. The summed E-state index contributed by atoms with van der Waals surface area (Å²) >= 11 is 0. The van der Waals surface area contributed by atoms with E-state index in [0.29, 0.717) is 0 Å². The lowest BCUT2D eigenvalue weighted by Crippen LogP contribution is -2.49. The number of benzene rings is 1. The summed E-state index contributed by atoms with van der Waals surface area (Å²) < 4.78 is 0. The molecule has 0 saturated heterocycles. The molecule has 2 rings (SSSR count). The van der Waals surface area contributed by atoms with Crippen LogP contribution in [0.25, 0.3) is 0 Å². The molecule has 0 atom stereocenters. The molecule has 3 nitrogen and oxygen atoms in total. The molecule has 0 bridgehead atoms. The van der Waals surface area contributed by atoms with E-state index in [4.69, 9.17) is 0 Å². The van der Waals surface area contributed by atoms with Crippen molar-refractivity contribution >= 4 is 11.6 Å². The van der Waals surface area contributed by atoms with Crippen LogP contribution in [0.3, 0.4) is 0 Å². The van der Waals surface area contributed by atoms with E-state index in [1.165, 1.54) is 24.0 Å². The summed E-state index contributed by atoms with van der Waals surface area (Å²) in [6.07, 6.45) is 3.54. The Bertz CT molecular complexity index is 452. The van der Waals surface area contributed by atoms with Crippen molar-refractivity contribution in [2.75, 3.05) is 11.9 Å². The van der Waals surface area contributed by atoms with Crippen LogP contribution in [0.2, 0.25) is 0 Å². The fourth-order valence-corrected chi connectivity index (χ4v) is 2.46. The van der Waals surface area contributed by atoms with Gasteiger partial charge in [0.1, 0.15) is 0 Å². The summed E-state index contributed by atoms with van der Waals surface area (Å²) in [5.74, 6) is 0.0160. The summed E-state index contributed by atoms with van der Waals surface area (Å²) in [6, 6.07) is 6.25. The maximum Gasteiger partial charge on any atom is 0.244 e. The summed E-state index contributed by atoms with van der Waals surface area (Å²) in [5.41, 5.74) is 3.19. The van der Waals surface area contributed by atoms with Crippen molar-refractivity contribution in [1.29, 1.82) is 0 Å². The van der Waals surface area contributed by atoms with Gasteiger partial charge in [-0.15, -0.1) is 0 Å². The van der Waals surface area contributed by atoms with Gasteiger partial charge in [0.15, 0.2) is 0 Å². The predicted molar refractivity (Wildman–Crippen MR) is 74.9 cm³/mol. The van der Waals surface area contributed by atoms with E-state index in [1.54, 1.807) is 0 Å². The number of amides is 1. The topological polar surface area (TPSA) is 41.1 Å². The normalized spacial score (nSPS) is 14.4. The summed E-state index contributed by atoms with van der Waals surface area (Å²) in [4.78, 5) is 12.2. The largest absolute Gasteiger partial charge is 0.324 e. The Morgan fingerprint density at radius 1 is 1.28 bits per heavy atom. The Labute approximate surface area is 109 Å². The highest BCUT2D eigenvalue weighted by Crippen LogP contribution is 2.25. The van der Waals surface area contributed by atoms with Crippen LogP contribution in [0.4, 0.5) is 5.69 Å². The van der Waals surface area contributed by atoms with Crippen LogP contribution < -0.4 is 10.6 Å². The van der Waals surface area contributed by atoms with Gasteiger partial charge in [0.2, 0.25) is 5.91 Å². The van der Waals surface area contributed by atoms with E-state index in [1.807, 2.05) is 26.8 Å². The third-order valence-electron chi connectivity index (χ3n) is 3.54. The van der Waals surface area contributed by atoms with Gasteiger partial charge >= 0.3 is 0 Å². The number of hydrogen-bond donors (Lipinski definition) is 2. The van der Waals surface area contributed by atoms with E-state index in [-0.39, 0.29) is 5.91 Å². The molecule has 0 heterocycles. The number of hydrogen-bond acceptors (Lipinski definition) is 2. The van der Waals surface area contributed by atoms with Crippen molar-refractivity contribution in [2.24, 2.45) is 0 Å². The molecule has 0 aromatic heterocycles. The Morgan fingerprint density at radius 2 is 2.00 bits per heavy atom. The summed E-state index contributed by atoms with van der Waals surface area (Å²) in [7, 11) is 0. The zero-order valence-corrected chi connectivity index (χ0v) is 11.5. The van der Waals surface area contributed by atoms with Gasteiger partial charge in [0.05, 0.1) is 5.54 Å². The molecule has 0 saturated carbocycles. The lowest BCUT2D eigenvalue weighted by atomic mass is 10.0. The molecule has 1 aliphatic carbocycles. The second-order valence-electron chi connectivity index (χ2n) is 5.45. The number of carbonyl (C=O) groups is 1. The van der Waals surface area contributed by atoms with Crippen LogP contribution in [-0.4, -0.2) is 18.0 Å². The Hall–Kier alpha value is -1.35. The smallest absolute Gasteiger partial charge is 0.244 e. The molecule has 1 aliphatic rings. The lowest BCUT2D eigenvalue weighted by molar-refractivity contribution is -0.121. The second-order valence-corrected chi connectivity index (χ2v) is 5.45. The van der Waals surface area contributed by atoms with Gasteiger partial charge in [0, 0.05) is 5.69 Å². The van der Waals surface area contributed by atoms with Crippen LogP contribution >= 0.6 is 0 Å². The average molecular weight is 246 g/mol. The van der Waals surface area contributed by atoms with Crippen LogP contribution in [0.15, 0.2) is 18.2 Å². The fraction of sp³-hybridized carbons (Fsp3) is 0.533. The average Bonchev–Trinajstić information content (AvgIpc) is 2.76. The summed E-state index contributed by atoms with van der Waals surface area (Å²) in [5, 5.41) is 6.18. The fourth-order valence-electron chi connectivity index (χ4n) is 2.46. The maximum absolute atomic E-state index is 12.2. The minimum atomic E-state index is -0.534. The second kappa shape index (κ2) is 5.11. The number of rotatable bonds is 4. The maximum atomic E-state index is 12.2. The number of fused-ring (bicyclic) bond motifs is 1. The highest BCUT2D eigenvalue weighted by Gasteiger charge is 2.26. The number of nitrogens with one attached hydrogen (secondary N) is 2. The van der Waals surface area contributed by atoms with Gasteiger partial charge < -0.3 is 10.6 Å². The van der Waals surface area contributed by atoms with Gasteiger partial charge in [-0.25, -0.2) is 0 Å². The number of anilines is 1. The molecular weight excluding hydrogens is 224 g/mol. The van der Waals surface area contributed by atoms with Crippen molar-refractivity contribution in [1.82, 2.24) is 5.32 Å². The minimum absolute atomic E-state index is 0.0160. The molecule has 18 heavy (non-hydrogen) atoms. The zero-order chi connectivity index (χ0) is 13.2. The standard InChI is InChI=1S/C15H22N2O/c1-4-16-15(2,3)14(18)17-13-9-8-11-6-5-7-12(11)10-13/h8-10,16H,4-7H2,1-3H3,(H,17,18). The Balaban J connectivity index is 2.08. The van der Waals surface area contributed by atoms with E-state index in [2.05, 4.69) is 22.8 Å². The first-order chi connectivity index (χ1) is 8.53. The number of carbonyl (C=O) groups excluding carboxylic acids is 1. The van der Waals surface area contributed by atoms with Crippen molar-refractivity contribution in [3.8, 4) is 0 Å². The molecule has 98 valence electrons. The van der Waals surface area contributed by atoms with Crippen molar-refractivity contribution in [3.05, 3.63) is 29.3 Å². The van der Waals surface area contributed by atoms with E-state index >= 15 is 0 Å². The van der Waals surface area contributed by atoms with Crippen LogP contribution in [0.1, 0.15) is 38.3 Å². The third kappa shape index (κ3) is 2.72. The molecule has 1 amide bonds. The molecule has 0 radical (unpaired) electrons. The van der Waals surface area contributed by atoms with Crippen molar-refractivity contribution in [3.63, 3.8) is 0 Å². The monoisotopic (exact) mass is 246 g/mol. The van der Waals surface area contributed by atoms with E-state index < -0.39 is 5.54 Å². The Kier molecular flexibility index (Phi) is 3.71. The first-order valence-corrected chi connectivity index (χ1v) is 6.71. The molecular formula is C15H22N2O. The van der Waals surface area contributed by atoms with E-state index in [9.17, 15) is 4.79 Å². The number of likely N-dealkylation sites (N-methyl/N-ethyl adjacent to an activating group) is 1.